The lowest BCUT2D eigenvalue weighted by Crippen LogP contribution is -2.16. The molecular formula is C12H9N5O3. The third-order valence-electron chi connectivity index (χ3n) is 2.80. The van der Waals surface area contributed by atoms with Crippen LogP contribution in [0.5, 0.6) is 0 Å². The summed E-state index contributed by atoms with van der Waals surface area (Å²) in [6.45, 7) is 0. The number of carboxylic acids is 1. The van der Waals surface area contributed by atoms with Gasteiger partial charge in [0.15, 0.2) is 11.4 Å². The zero-order valence-electron chi connectivity index (χ0n) is 10.0. The number of aromatic nitrogens is 4. The van der Waals surface area contributed by atoms with E-state index in [4.69, 9.17) is 5.11 Å². The summed E-state index contributed by atoms with van der Waals surface area (Å²) in [7, 11) is 0. The summed E-state index contributed by atoms with van der Waals surface area (Å²) >= 11 is 0. The number of carbonyl (C=O) groups is 2. The average molecular weight is 271 g/mol. The summed E-state index contributed by atoms with van der Waals surface area (Å²) in [5, 5.41) is 19.0. The van der Waals surface area contributed by atoms with Crippen LogP contribution in [0.3, 0.4) is 0 Å². The maximum atomic E-state index is 12.1. The van der Waals surface area contributed by atoms with E-state index in [1.54, 1.807) is 18.3 Å². The molecule has 8 heteroatoms. The summed E-state index contributed by atoms with van der Waals surface area (Å²) in [5.74, 6) is -1.84. The number of carboxylic acid groups (broad SMARTS) is 1. The van der Waals surface area contributed by atoms with Gasteiger partial charge in [-0.05, 0) is 12.1 Å². The topological polar surface area (TPSA) is 124 Å². The molecule has 0 atom stereocenters. The van der Waals surface area contributed by atoms with Crippen molar-refractivity contribution in [3.05, 3.63) is 42.1 Å². The second kappa shape index (κ2) is 4.50. The normalized spacial score (nSPS) is 10.6. The first kappa shape index (κ1) is 11.9. The second-order valence-electron chi connectivity index (χ2n) is 4.02. The minimum atomic E-state index is -1.24. The average Bonchev–Trinajstić information content (AvgIpc) is 3.08. The molecule has 0 aliphatic heterocycles. The third-order valence-corrected chi connectivity index (χ3v) is 2.80. The van der Waals surface area contributed by atoms with Crippen molar-refractivity contribution in [1.82, 2.24) is 20.2 Å². The summed E-state index contributed by atoms with van der Waals surface area (Å²) in [4.78, 5) is 29.2. The van der Waals surface area contributed by atoms with Crippen molar-refractivity contribution < 1.29 is 14.7 Å². The zero-order chi connectivity index (χ0) is 14.1. The molecular weight excluding hydrogens is 262 g/mol. The standard InChI is InChI=1S/C12H9N5O3/c18-11(9-10(12(19)20)14-5-13-9)16-7-2-1-3-8-6(7)4-15-17-8/h1-5H,(H,13,14)(H,15,17)(H,16,18)(H,19,20). The van der Waals surface area contributed by atoms with E-state index in [0.717, 1.165) is 17.2 Å². The van der Waals surface area contributed by atoms with Crippen molar-refractivity contribution in [2.45, 2.75) is 0 Å². The van der Waals surface area contributed by atoms with Gasteiger partial charge in [-0.25, -0.2) is 9.78 Å². The number of imidazole rings is 1. The number of carbonyl (C=O) groups excluding carboxylic acids is 1. The number of hydrogen-bond donors (Lipinski definition) is 4. The van der Waals surface area contributed by atoms with Gasteiger partial charge in [-0.1, -0.05) is 6.07 Å². The molecule has 8 nitrogen and oxygen atoms in total. The number of nitrogens with zero attached hydrogens (tertiary/aromatic N) is 2. The van der Waals surface area contributed by atoms with Gasteiger partial charge in [-0.2, -0.15) is 5.10 Å². The number of H-pyrrole nitrogens is 2. The Balaban J connectivity index is 1.95. The van der Waals surface area contributed by atoms with E-state index in [1.807, 2.05) is 6.07 Å². The molecule has 100 valence electrons. The summed E-state index contributed by atoms with van der Waals surface area (Å²) in [6.07, 6.45) is 2.74. The molecule has 0 bridgehead atoms. The Morgan fingerprint density at radius 3 is 2.95 bits per heavy atom. The number of rotatable bonds is 3. The van der Waals surface area contributed by atoms with Gasteiger partial charge in [0.25, 0.3) is 5.91 Å². The van der Waals surface area contributed by atoms with Crippen LogP contribution in [-0.2, 0) is 0 Å². The van der Waals surface area contributed by atoms with Gasteiger partial charge in [-0.3, -0.25) is 9.89 Å². The first-order valence-corrected chi connectivity index (χ1v) is 5.67. The first-order valence-electron chi connectivity index (χ1n) is 5.67. The van der Waals surface area contributed by atoms with Crippen LogP contribution in [0.15, 0.2) is 30.7 Å². The molecule has 0 unspecified atom stereocenters. The van der Waals surface area contributed by atoms with Crippen molar-refractivity contribution in [3.63, 3.8) is 0 Å². The second-order valence-corrected chi connectivity index (χ2v) is 4.02. The first-order chi connectivity index (χ1) is 9.66. The molecule has 4 N–H and O–H groups in total. The summed E-state index contributed by atoms with van der Waals surface area (Å²) in [6, 6.07) is 5.26. The molecule has 0 aliphatic carbocycles. The number of aromatic amines is 2. The van der Waals surface area contributed by atoms with Gasteiger partial charge in [0.2, 0.25) is 0 Å². The highest BCUT2D eigenvalue weighted by molar-refractivity contribution is 6.11. The Bertz CT molecular complexity index is 804. The van der Waals surface area contributed by atoms with E-state index < -0.39 is 11.9 Å². The number of anilines is 1. The van der Waals surface area contributed by atoms with Crippen LogP contribution in [0.4, 0.5) is 5.69 Å². The maximum absolute atomic E-state index is 12.1. The fraction of sp³-hybridized carbons (Fsp3) is 0. The van der Waals surface area contributed by atoms with Crippen molar-refractivity contribution in [1.29, 1.82) is 0 Å². The van der Waals surface area contributed by atoms with E-state index in [9.17, 15) is 9.59 Å². The number of fused-ring (bicyclic) bond motifs is 1. The number of aromatic carboxylic acids is 1. The highest BCUT2D eigenvalue weighted by atomic mass is 16.4. The van der Waals surface area contributed by atoms with E-state index in [0.29, 0.717) is 5.69 Å². The molecule has 0 saturated heterocycles. The Kier molecular flexibility index (Phi) is 2.68. The minimum Gasteiger partial charge on any atom is -0.477 e. The van der Waals surface area contributed by atoms with Crippen molar-refractivity contribution in [2.75, 3.05) is 5.32 Å². The molecule has 0 spiro atoms. The Morgan fingerprint density at radius 1 is 1.30 bits per heavy atom. The van der Waals surface area contributed by atoms with Crippen molar-refractivity contribution in [3.8, 4) is 0 Å². The van der Waals surface area contributed by atoms with E-state index >= 15 is 0 Å². The number of nitrogens with one attached hydrogen (secondary N) is 3. The van der Waals surface area contributed by atoms with Crippen molar-refractivity contribution in [2.24, 2.45) is 0 Å². The largest absolute Gasteiger partial charge is 0.477 e. The van der Waals surface area contributed by atoms with Crippen LogP contribution in [0.25, 0.3) is 10.9 Å². The van der Waals surface area contributed by atoms with Gasteiger partial charge < -0.3 is 15.4 Å². The molecule has 2 heterocycles. The molecule has 3 aromatic rings. The molecule has 20 heavy (non-hydrogen) atoms. The Morgan fingerprint density at radius 2 is 2.15 bits per heavy atom. The lowest BCUT2D eigenvalue weighted by molar-refractivity contribution is 0.0686. The molecule has 1 amide bonds. The molecule has 2 aromatic heterocycles. The van der Waals surface area contributed by atoms with Crippen LogP contribution in [0.1, 0.15) is 21.0 Å². The quantitative estimate of drug-likeness (QED) is 0.570. The van der Waals surface area contributed by atoms with E-state index in [-0.39, 0.29) is 11.4 Å². The predicted molar refractivity (Wildman–Crippen MR) is 69.6 cm³/mol. The highest BCUT2D eigenvalue weighted by Crippen LogP contribution is 2.21. The lowest BCUT2D eigenvalue weighted by atomic mass is 10.2. The smallest absolute Gasteiger partial charge is 0.354 e. The van der Waals surface area contributed by atoms with Gasteiger partial charge >= 0.3 is 5.97 Å². The predicted octanol–water partition coefficient (Wildman–Crippen LogP) is 1.24. The maximum Gasteiger partial charge on any atom is 0.354 e. The number of benzene rings is 1. The molecule has 0 aliphatic rings. The Hall–Kier alpha value is -3.16. The fourth-order valence-electron chi connectivity index (χ4n) is 1.89. The molecule has 0 fully saturated rings. The Labute approximate surface area is 111 Å². The van der Waals surface area contributed by atoms with Gasteiger partial charge in [0.1, 0.15) is 0 Å². The van der Waals surface area contributed by atoms with Crippen LogP contribution in [-0.4, -0.2) is 37.1 Å². The minimum absolute atomic E-state index is 0.169. The molecule has 3 rings (SSSR count). The zero-order valence-corrected chi connectivity index (χ0v) is 10.0. The number of hydrogen-bond acceptors (Lipinski definition) is 4. The highest BCUT2D eigenvalue weighted by Gasteiger charge is 2.20. The third kappa shape index (κ3) is 1.88. The SMILES string of the molecule is O=C(Nc1cccc2[nH]ncc12)c1nc[nH]c1C(=O)O. The lowest BCUT2D eigenvalue weighted by Gasteiger charge is -2.05. The van der Waals surface area contributed by atoms with Crippen LogP contribution >= 0.6 is 0 Å². The van der Waals surface area contributed by atoms with Gasteiger partial charge in [0, 0.05) is 5.39 Å². The molecule has 0 saturated carbocycles. The monoisotopic (exact) mass is 271 g/mol. The van der Waals surface area contributed by atoms with E-state index in [2.05, 4.69) is 25.5 Å². The van der Waals surface area contributed by atoms with Gasteiger partial charge in [0.05, 0.1) is 23.7 Å². The van der Waals surface area contributed by atoms with E-state index in [1.165, 1.54) is 0 Å². The molecule has 1 aromatic carbocycles. The van der Waals surface area contributed by atoms with Crippen LogP contribution in [0.2, 0.25) is 0 Å². The fourth-order valence-corrected chi connectivity index (χ4v) is 1.89. The van der Waals surface area contributed by atoms with Crippen LogP contribution < -0.4 is 5.32 Å². The molecule has 0 radical (unpaired) electrons. The van der Waals surface area contributed by atoms with Gasteiger partial charge in [-0.15, -0.1) is 0 Å². The van der Waals surface area contributed by atoms with Crippen LogP contribution in [0, 0.1) is 0 Å². The van der Waals surface area contributed by atoms with Crippen molar-refractivity contribution >= 4 is 28.5 Å². The summed E-state index contributed by atoms with van der Waals surface area (Å²) in [5.41, 5.74) is 0.878. The number of amides is 1. The summed E-state index contributed by atoms with van der Waals surface area (Å²) < 4.78 is 0.